The van der Waals surface area contributed by atoms with E-state index >= 15 is 0 Å². The van der Waals surface area contributed by atoms with Crippen LogP contribution < -0.4 is 20.1 Å². The Labute approximate surface area is 172 Å². The fourth-order valence-corrected chi connectivity index (χ4v) is 2.95. The minimum absolute atomic E-state index is 0. The number of furan rings is 1. The van der Waals surface area contributed by atoms with Gasteiger partial charge in [-0.05, 0) is 46.6 Å². The van der Waals surface area contributed by atoms with Crippen LogP contribution in [0.4, 0.5) is 0 Å². The van der Waals surface area contributed by atoms with E-state index in [1.165, 1.54) is 0 Å². The van der Waals surface area contributed by atoms with Gasteiger partial charge in [-0.2, -0.15) is 0 Å². The first-order valence-corrected chi connectivity index (χ1v) is 8.67. The van der Waals surface area contributed by atoms with Gasteiger partial charge in [0.1, 0.15) is 13.2 Å². The highest BCUT2D eigenvalue weighted by molar-refractivity contribution is 14.0. The Balaban J connectivity index is 0.00000225. The van der Waals surface area contributed by atoms with Gasteiger partial charge < -0.3 is 24.5 Å². The van der Waals surface area contributed by atoms with Crippen LogP contribution in [0, 0.1) is 0 Å². The van der Waals surface area contributed by atoms with Gasteiger partial charge in [0.05, 0.1) is 23.5 Å². The molecule has 1 aliphatic heterocycles. The molecule has 0 amide bonds. The average Bonchev–Trinajstić information content (AvgIpc) is 3.11. The third-order valence-electron chi connectivity index (χ3n) is 3.46. The van der Waals surface area contributed by atoms with Gasteiger partial charge in [0, 0.05) is 18.7 Å². The molecule has 8 heteroatoms. The molecule has 1 aliphatic rings. The molecule has 2 N–H and O–H groups in total. The molecule has 25 heavy (non-hydrogen) atoms. The molecule has 0 bridgehead atoms. The van der Waals surface area contributed by atoms with Crippen molar-refractivity contribution in [3.63, 3.8) is 0 Å². The number of ether oxygens (including phenoxy) is 2. The molecule has 0 saturated carbocycles. The van der Waals surface area contributed by atoms with Gasteiger partial charge in [-0.3, -0.25) is 0 Å². The van der Waals surface area contributed by atoms with Gasteiger partial charge >= 0.3 is 0 Å². The number of rotatable bonds is 5. The van der Waals surface area contributed by atoms with Crippen LogP contribution in [0.1, 0.15) is 18.1 Å². The predicted octanol–water partition coefficient (Wildman–Crippen LogP) is 3.69. The highest BCUT2D eigenvalue weighted by Crippen LogP contribution is 2.38. The lowest BCUT2D eigenvalue weighted by Gasteiger charge is -2.20. The number of aliphatic imine (C=N–C) groups is 1. The molecule has 1 aromatic carbocycles. The molecule has 0 fully saturated rings. The largest absolute Gasteiger partial charge is 0.486 e. The van der Waals surface area contributed by atoms with Gasteiger partial charge in [0.2, 0.25) is 0 Å². The van der Waals surface area contributed by atoms with Gasteiger partial charge in [-0.1, -0.05) is 0 Å². The molecule has 136 valence electrons. The predicted molar refractivity (Wildman–Crippen MR) is 111 cm³/mol. The van der Waals surface area contributed by atoms with E-state index < -0.39 is 0 Å². The Bertz CT molecular complexity index is 707. The molecule has 0 spiro atoms. The average molecular weight is 522 g/mol. The zero-order valence-corrected chi connectivity index (χ0v) is 17.8. The molecule has 0 aliphatic carbocycles. The Morgan fingerprint density at radius 1 is 1.20 bits per heavy atom. The molecule has 0 saturated heterocycles. The van der Waals surface area contributed by atoms with Crippen molar-refractivity contribution in [2.75, 3.05) is 19.8 Å². The van der Waals surface area contributed by atoms with E-state index in [2.05, 4.69) is 31.6 Å². The van der Waals surface area contributed by atoms with E-state index in [9.17, 15) is 0 Å². The summed E-state index contributed by atoms with van der Waals surface area (Å²) < 4.78 is 17.2. The molecule has 0 unspecified atom stereocenters. The second kappa shape index (κ2) is 9.91. The summed E-state index contributed by atoms with van der Waals surface area (Å²) in [6, 6.07) is 5.91. The highest BCUT2D eigenvalue weighted by Gasteiger charge is 2.16. The summed E-state index contributed by atoms with van der Waals surface area (Å²) in [4.78, 5) is 4.62. The molecule has 6 nitrogen and oxygen atoms in total. The van der Waals surface area contributed by atoms with E-state index in [1.807, 2.05) is 25.1 Å². The summed E-state index contributed by atoms with van der Waals surface area (Å²) in [5, 5.41) is 6.51. The van der Waals surface area contributed by atoms with Gasteiger partial charge in [-0.15, -0.1) is 24.0 Å². The smallest absolute Gasteiger partial charge is 0.191 e. The SMILES string of the molecule is CCNC(=NCc1cc(Br)c2c(c1)OCCO2)NCc1ccoc1.I. The van der Waals surface area contributed by atoms with Crippen molar-refractivity contribution in [2.45, 2.75) is 20.0 Å². The van der Waals surface area contributed by atoms with E-state index in [-0.39, 0.29) is 24.0 Å². The van der Waals surface area contributed by atoms with E-state index in [1.54, 1.807) is 12.5 Å². The lowest BCUT2D eigenvalue weighted by molar-refractivity contribution is 0.170. The standard InChI is InChI=1S/C17H20BrN3O3.HI/c1-2-19-17(20-9-12-3-4-22-11-12)21-10-13-7-14(18)16-15(8-13)23-5-6-24-16;/h3-4,7-8,11H,2,5-6,9-10H2,1H3,(H2,19,20,21);1H. The summed E-state index contributed by atoms with van der Waals surface area (Å²) in [5.74, 6) is 2.28. The van der Waals surface area contributed by atoms with Crippen molar-refractivity contribution >= 4 is 45.9 Å². The Morgan fingerprint density at radius 3 is 2.80 bits per heavy atom. The lowest BCUT2D eigenvalue weighted by Crippen LogP contribution is -2.36. The maximum Gasteiger partial charge on any atom is 0.191 e. The number of fused-ring (bicyclic) bond motifs is 1. The van der Waals surface area contributed by atoms with Crippen LogP contribution in [-0.4, -0.2) is 25.7 Å². The van der Waals surface area contributed by atoms with E-state index in [0.717, 1.165) is 39.6 Å². The fraction of sp³-hybridized carbons (Fsp3) is 0.353. The van der Waals surface area contributed by atoms with Gasteiger partial charge in [-0.25, -0.2) is 4.99 Å². The first-order chi connectivity index (χ1) is 11.8. The number of hydrogen-bond donors (Lipinski definition) is 2. The molecule has 3 rings (SSSR count). The maximum absolute atomic E-state index is 5.65. The number of guanidine groups is 1. The van der Waals surface area contributed by atoms with Crippen molar-refractivity contribution < 1.29 is 13.9 Å². The molecular formula is C17H21BrIN3O3. The molecular weight excluding hydrogens is 501 g/mol. The van der Waals surface area contributed by atoms with Crippen LogP contribution in [0.25, 0.3) is 0 Å². The second-order valence-electron chi connectivity index (χ2n) is 5.28. The van der Waals surface area contributed by atoms with Crippen molar-refractivity contribution in [1.82, 2.24) is 10.6 Å². The van der Waals surface area contributed by atoms with Crippen molar-refractivity contribution in [3.8, 4) is 11.5 Å². The number of benzene rings is 1. The van der Waals surface area contributed by atoms with Crippen LogP contribution in [-0.2, 0) is 13.1 Å². The summed E-state index contributed by atoms with van der Waals surface area (Å²) in [7, 11) is 0. The Kier molecular flexibility index (Phi) is 7.89. The molecule has 0 radical (unpaired) electrons. The van der Waals surface area contributed by atoms with Crippen LogP contribution in [0.2, 0.25) is 0 Å². The Morgan fingerprint density at radius 2 is 2.04 bits per heavy atom. The summed E-state index contributed by atoms with van der Waals surface area (Å²) in [6.07, 6.45) is 3.38. The van der Waals surface area contributed by atoms with Crippen molar-refractivity contribution in [3.05, 3.63) is 46.3 Å². The molecule has 0 atom stereocenters. The summed E-state index contributed by atoms with van der Waals surface area (Å²) in [6.45, 7) is 5.17. The molecule has 2 aromatic rings. The monoisotopic (exact) mass is 521 g/mol. The molecule has 1 aromatic heterocycles. The first kappa shape index (κ1) is 19.9. The summed E-state index contributed by atoms with van der Waals surface area (Å²) >= 11 is 3.53. The van der Waals surface area contributed by atoms with Crippen molar-refractivity contribution in [2.24, 2.45) is 4.99 Å². The van der Waals surface area contributed by atoms with Crippen molar-refractivity contribution in [1.29, 1.82) is 0 Å². The zero-order chi connectivity index (χ0) is 16.8. The van der Waals surface area contributed by atoms with Crippen LogP contribution in [0.5, 0.6) is 11.5 Å². The van der Waals surface area contributed by atoms with Crippen LogP contribution >= 0.6 is 39.9 Å². The van der Waals surface area contributed by atoms with Gasteiger partial charge in [0.15, 0.2) is 17.5 Å². The minimum atomic E-state index is 0. The fourth-order valence-electron chi connectivity index (χ4n) is 2.35. The normalized spacial score (nSPS) is 13.1. The third-order valence-corrected chi connectivity index (χ3v) is 4.05. The Hall–Kier alpha value is -1.42. The number of nitrogens with zero attached hydrogens (tertiary/aromatic N) is 1. The minimum Gasteiger partial charge on any atom is -0.486 e. The molecule has 2 heterocycles. The topological polar surface area (TPSA) is 68.0 Å². The lowest BCUT2D eigenvalue weighted by atomic mass is 10.2. The second-order valence-corrected chi connectivity index (χ2v) is 6.14. The third kappa shape index (κ3) is 5.53. The number of nitrogens with one attached hydrogen (secondary N) is 2. The van der Waals surface area contributed by atoms with Crippen LogP contribution in [0.3, 0.4) is 0 Å². The van der Waals surface area contributed by atoms with E-state index in [0.29, 0.717) is 26.3 Å². The highest BCUT2D eigenvalue weighted by atomic mass is 127. The number of halogens is 2. The summed E-state index contributed by atoms with van der Waals surface area (Å²) in [5.41, 5.74) is 2.12. The quantitative estimate of drug-likeness (QED) is 0.357. The number of hydrogen-bond acceptors (Lipinski definition) is 4. The zero-order valence-electron chi connectivity index (χ0n) is 13.9. The maximum atomic E-state index is 5.65. The van der Waals surface area contributed by atoms with E-state index in [4.69, 9.17) is 13.9 Å². The van der Waals surface area contributed by atoms with Crippen LogP contribution in [0.15, 0.2) is 44.6 Å². The van der Waals surface area contributed by atoms with Gasteiger partial charge in [0.25, 0.3) is 0 Å². The first-order valence-electron chi connectivity index (χ1n) is 7.87.